The Bertz CT molecular complexity index is 858. The minimum absolute atomic E-state index is 0.479. The van der Waals surface area contributed by atoms with Crippen molar-refractivity contribution in [1.29, 1.82) is 10.5 Å². The number of halogens is 1. The first-order valence-corrected chi connectivity index (χ1v) is 7.83. The highest BCUT2D eigenvalue weighted by atomic mass is 79.9. The van der Waals surface area contributed by atoms with Gasteiger partial charge in [-0.2, -0.15) is 10.5 Å². The molecule has 23 heavy (non-hydrogen) atoms. The van der Waals surface area contributed by atoms with Crippen LogP contribution in [-0.2, 0) is 0 Å². The van der Waals surface area contributed by atoms with E-state index in [-0.39, 0.29) is 0 Å². The highest BCUT2D eigenvalue weighted by molar-refractivity contribution is 9.10. The zero-order valence-electron chi connectivity index (χ0n) is 12.1. The SMILES string of the molecule is N#Cc1c(-c2ccccc2)cc(-c2ccccc2)c(C#N)c1Br. The highest BCUT2D eigenvalue weighted by Crippen LogP contribution is 2.38. The fourth-order valence-corrected chi connectivity index (χ4v) is 3.16. The van der Waals surface area contributed by atoms with Crippen molar-refractivity contribution in [3.05, 3.63) is 82.3 Å². The third-order valence-electron chi connectivity index (χ3n) is 3.66. The van der Waals surface area contributed by atoms with Gasteiger partial charge >= 0.3 is 0 Å². The molecule has 0 saturated heterocycles. The maximum atomic E-state index is 9.55. The summed E-state index contributed by atoms with van der Waals surface area (Å²) in [6.45, 7) is 0. The molecule has 0 spiro atoms. The predicted molar refractivity (Wildman–Crippen MR) is 94.4 cm³/mol. The Labute approximate surface area is 143 Å². The van der Waals surface area contributed by atoms with E-state index in [4.69, 9.17) is 0 Å². The maximum absolute atomic E-state index is 9.55. The summed E-state index contributed by atoms with van der Waals surface area (Å²) in [6, 6.07) is 25.8. The van der Waals surface area contributed by atoms with Crippen LogP contribution in [0.25, 0.3) is 22.3 Å². The van der Waals surface area contributed by atoms with E-state index in [1.54, 1.807) is 0 Å². The van der Waals surface area contributed by atoms with Crippen molar-refractivity contribution in [3.63, 3.8) is 0 Å². The summed E-state index contributed by atoms with van der Waals surface area (Å²) < 4.78 is 0.544. The molecule has 3 aromatic carbocycles. The molecule has 0 bridgehead atoms. The zero-order chi connectivity index (χ0) is 16.2. The average Bonchev–Trinajstić information content (AvgIpc) is 2.62. The van der Waals surface area contributed by atoms with Crippen LogP contribution < -0.4 is 0 Å². The molecule has 2 nitrogen and oxygen atoms in total. The standard InChI is InChI=1S/C20H11BrN2/c21-20-18(12-22)16(14-7-3-1-4-8-14)11-17(19(20)13-23)15-9-5-2-6-10-15/h1-11H. The molecule has 0 N–H and O–H groups in total. The van der Waals surface area contributed by atoms with E-state index in [2.05, 4.69) is 28.1 Å². The van der Waals surface area contributed by atoms with Crippen LogP contribution in [0, 0.1) is 22.7 Å². The van der Waals surface area contributed by atoms with Crippen molar-refractivity contribution in [3.8, 4) is 34.4 Å². The lowest BCUT2D eigenvalue weighted by atomic mass is 9.91. The van der Waals surface area contributed by atoms with E-state index in [0.29, 0.717) is 15.6 Å². The molecule has 0 atom stereocenters. The van der Waals surface area contributed by atoms with Crippen LogP contribution in [0.4, 0.5) is 0 Å². The van der Waals surface area contributed by atoms with E-state index in [1.165, 1.54) is 0 Å². The van der Waals surface area contributed by atoms with Crippen LogP contribution in [0.3, 0.4) is 0 Å². The van der Waals surface area contributed by atoms with E-state index in [9.17, 15) is 10.5 Å². The Morgan fingerprint density at radius 1 is 0.652 bits per heavy atom. The molecule has 0 fully saturated rings. The summed E-state index contributed by atoms with van der Waals surface area (Å²) in [7, 11) is 0. The Morgan fingerprint density at radius 3 is 1.39 bits per heavy atom. The van der Waals surface area contributed by atoms with Crippen molar-refractivity contribution in [2.75, 3.05) is 0 Å². The van der Waals surface area contributed by atoms with E-state index in [1.807, 2.05) is 66.7 Å². The van der Waals surface area contributed by atoms with E-state index in [0.717, 1.165) is 22.3 Å². The number of rotatable bonds is 2. The van der Waals surface area contributed by atoms with Gasteiger partial charge in [-0.3, -0.25) is 0 Å². The van der Waals surface area contributed by atoms with Crippen molar-refractivity contribution in [2.24, 2.45) is 0 Å². The quantitative estimate of drug-likeness (QED) is 0.604. The normalized spacial score (nSPS) is 9.87. The lowest BCUT2D eigenvalue weighted by Gasteiger charge is -2.13. The van der Waals surface area contributed by atoms with Gasteiger partial charge in [0.05, 0.1) is 15.6 Å². The third-order valence-corrected chi connectivity index (χ3v) is 4.45. The molecule has 3 heteroatoms. The number of nitriles is 2. The van der Waals surface area contributed by atoms with Crippen molar-refractivity contribution >= 4 is 15.9 Å². The fourth-order valence-electron chi connectivity index (χ4n) is 2.56. The Balaban J connectivity index is 2.37. The topological polar surface area (TPSA) is 47.6 Å². The molecular weight excluding hydrogens is 348 g/mol. The van der Waals surface area contributed by atoms with Crippen LogP contribution in [-0.4, -0.2) is 0 Å². The maximum Gasteiger partial charge on any atom is 0.101 e. The molecule has 0 aliphatic carbocycles. The lowest BCUT2D eigenvalue weighted by Crippen LogP contribution is -1.94. The van der Waals surface area contributed by atoms with Crippen LogP contribution in [0.2, 0.25) is 0 Å². The Morgan fingerprint density at radius 2 is 1.04 bits per heavy atom. The molecule has 0 amide bonds. The Hall–Kier alpha value is -2.88. The summed E-state index contributed by atoms with van der Waals surface area (Å²) in [6.07, 6.45) is 0. The Kier molecular flexibility index (Phi) is 4.24. The smallest absolute Gasteiger partial charge is 0.101 e. The molecule has 108 valence electrons. The first kappa shape index (κ1) is 15.0. The molecule has 0 saturated carbocycles. The predicted octanol–water partition coefficient (Wildman–Crippen LogP) is 5.53. The summed E-state index contributed by atoms with van der Waals surface area (Å²) >= 11 is 3.45. The monoisotopic (exact) mass is 358 g/mol. The van der Waals surface area contributed by atoms with E-state index < -0.39 is 0 Å². The zero-order valence-corrected chi connectivity index (χ0v) is 13.7. The molecule has 0 aliphatic heterocycles. The van der Waals surface area contributed by atoms with Gasteiger partial charge in [0, 0.05) is 11.1 Å². The van der Waals surface area contributed by atoms with Gasteiger partial charge in [-0.05, 0) is 33.1 Å². The number of hydrogen-bond donors (Lipinski definition) is 0. The average molecular weight is 359 g/mol. The van der Waals surface area contributed by atoms with Gasteiger partial charge in [0.25, 0.3) is 0 Å². The molecule has 0 unspecified atom stereocenters. The fraction of sp³-hybridized carbons (Fsp3) is 0. The largest absolute Gasteiger partial charge is 0.192 e. The minimum Gasteiger partial charge on any atom is -0.192 e. The molecule has 3 aromatic rings. The van der Waals surface area contributed by atoms with E-state index >= 15 is 0 Å². The second-order valence-electron chi connectivity index (χ2n) is 4.99. The van der Waals surface area contributed by atoms with Gasteiger partial charge in [0.1, 0.15) is 12.1 Å². The summed E-state index contributed by atoms with van der Waals surface area (Å²) in [5.74, 6) is 0. The third kappa shape index (κ3) is 2.75. The minimum atomic E-state index is 0.479. The van der Waals surface area contributed by atoms with Crippen molar-refractivity contribution in [1.82, 2.24) is 0 Å². The molecule has 3 rings (SSSR count). The van der Waals surface area contributed by atoms with Crippen LogP contribution in [0.5, 0.6) is 0 Å². The molecule has 0 aliphatic rings. The number of benzene rings is 3. The van der Waals surface area contributed by atoms with Crippen molar-refractivity contribution in [2.45, 2.75) is 0 Å². The second kappa shape index (κ2) is 6.48. The number of nitrogens with zero attached hydrogens (tertiary/aromatic N) is 2. The first-order chi connectivity index (χ1) is 11.3. The molecule has 0 radical (unpaired) electrons. The van der Waals surface area contributed by atoms with Gasteiger partial charge in [0.15, 0.2) is 0 Å². The number of hydrogen-bond acceptors (Lipinski definition) is 2. The van der Waals surface area contributed by atoms with Gasteiger partial charge in [-0.25, -0.2) is 0 Å². The summed E-state index contributed by atoms with van der Waals surface area (Å²) in [5, 5.41) is 19.1. The van der Waals surface area contributed by atoms with Crippen molar-refractivity contribution < 1.29 is 0 Å². The second-order valence-corrected chi connectivity index (χ2v) is 5.78. The summed E-state index contributed by atoms with van der Waals surface area (Å²) in [4.78, 5) is 0. The summed E-state index contributed by atoms with van der Waals surface area (Å²) in [5.41, 5.74) is 4.49. The lowest BCUT2D eigenvalue weighted by molar-refractivity contribution is 1.41. The van der Waals surface area contributed by atoms with Gasteiger partial charge in [-0.1, -0.05) is 60.7 Å². The van der Waals surface area contributed by atoms with Crippen LogP contribution in [0.15, 0.2) is 71.2 Å². The van der Waals surface area contributed by atoms with Gasteiger partial charge in [-0.15, -0.1) is 0 Å². The highest BCUT2D eigenvalue weighted by Gasteiger charge is 2.18. The molecule has 0 aromatic heterocycles. The van der Waals surface area contributed by atoms with Crippen LogP contribution >= 0.6 is 15.9 Å². The van der Waals surface area contributed by atoms with Gasteiger partial charge in [0.2, 0.25) is 0 Å². The van der Waals surface area contributed by atoms with Gasteiger partial charge < -0.3 is 0 Å². The van der Waals surface area contributed by atoms with Crippen LogP contribution in [0.1, 0.15) is 11.1 Å². The molecular formula is C20H11BrN2. The first-order valence-electron chi connectivity index (χ1n) is 7.03. The molecule has 0 heterocycles.